The molecule has 2 saturated carbocycles. The van der Waals surface area contributed by atoms with E-state index in [0.29, 0.717) is 0 Å². The monoisotopic (exact) mass is 408 g/mol. The molecule has 1 aromatic rings. The molecule has 2 aliphatic carbocycles. The fourth-order valence-electron chi connectivity index (χ4n) is 5.79. The van der Waals surface area contributed by atoms with Crippen molar-refractivity contribution in [3.63, 3.8) is 0 Å². The predicted octanol–water partition coefficient (Wildman–Crippen LogP) is 8.61. The first-order valence-electron chi connectivity index (χ1n) is 12.7. The van der Waals surface area contributed by atoms with Gasteiger partial charge in [-0.3, -0.25) is 0 Å². The van der Waals surface area contributed by atoms with Gasteiger partial charge in [-0.15, -0.1) is 6.58 Å². The maximum Gasteiger partial charge on any atom is 0.0721 e. The second kappa shape index (κ2) is 13.2. The molecule has 30 heavy (non-hydrogen) atoms. The van der Waals surface area contributed by atoms with Crippen molar-refractivity contribution < 1.29 is 4.74 Å². The Kier molecular flexibility index (Phi) is 10.2. The highest BCUT2D eigenvalue weighted by atomic mass is 16.5. The predicted molar refractivity (Wildman–Crippen MR) is 130 cm³/mol. The van der Waals surface area contributed by atoms with Crippen LogP contribution in [-0.2, 0) is 11.3 Å². The van der Waals surface area contributed by atoms with Crippen LogP contribution in [0.1, 0.15) is 101 Å². The molecule has 0 atom stereocenters. The standard InChI is InChI=1S/C29H44O/c1-3-5-7-9-24-10-14-26(15-11-24)28-18-20-29(21-19-28)27-16-12-25(13-17-27)23-30-22-8-6-4-2/h3,6,8,12-13,16-17,24,26,28-29H,1,4-5,7,9-11,14-15,18-23H2,2H3/b8-6+/t24-,26-,28?,29?. The number of unbranched alkanes of at least 4 members (excludes halogenated alkanes) is 1. The number of rotatable bonds is 11. The lowest BCUT2D eigenvalue weighted by Crippen LogP contribution is -2.25. The third-order valence-electron chi connectivity index (χ3n) is 7.69. The van der Waals surface area contributed by atoms with Crippen LogP contribution in [0.2, 0.25) is 0 Å². The summed E-state index contributed by atoms with van der Waals surface area (Å²) in [5.74, 6) is 3.80. The van der Waals surface area contributed by atoms with Crippen LogP contribution in [0.4, 0.5) is 0 Å². The van der Waals surface area contributed by atoms with Gasteiger partial charge in [0.15, 0.2) is 0 Å². The van der Waals surface area contributed by atoms with E-state index < -0.39 is 0 Å². The number of ether oxygens (including phenoxy) is 1. The topological polar surface area (TPSA) is 9.23 Å². The Labute approximate surface area is 186 Å². The Morgan fingerprint density at radius 3 is 2.20 bits per heavy atom. The van der Waals surface area contributed by atoms with Crippen LogP contribution >= 0.6 is 0 Å². The van der Waals surface area contributed by atoms with Gasteiger partial charge in [0.2, 0.25) is 0 Å². The molecule has 0 bridgehead atoms. The SMILES string of the molecule is C=CCCC[C@H]1CC[C@H](C2CCC(c3ccc(COC/C=C/CC)cc3)CC2)CC1. The van der Waals surface area contributed by atoms with Crippen LogP contribution in [0.3, 0.4) is 0 Å². The van der Waals surface area contributed by atoms with E-state index in [2.05, 4.69) is 56.0 Å². The fraction of sp³-hybridized carbons (Fsp3) is 0.655. The van der Waals surface area contributed by atoms with E-state index in [0.717, 1.165) is 43.3 Å². The number of benzene rings is 1. The van der Waals surface area contributed by atoms with Gasteiger partial charge in [0, 0.05) is 0 Å². The number of hydrogen-bond acceptors (Lipinski definition) is 1. The molecule has 0 aliphatic heterocycles. The fourth-order valence-corrected chi connectivity index (χ4v) is 5.79. The van der Waals surface area contributed by atoms with Gasteiger partial charge >= 0.3 is 0 Å². The molecule has 0 unspecified atom stereocenters. The summed E-state index contributed by atoms with van der Waals surface area (Å²) in [5.41, 5.74) is 2.84. The van der Waals surface area contributed by atoms with Gasteiger partial charge in [-0.25, -0.2) is 0 Å². The van der Waals surface area contributed by atoms with Crippen molar-refractivity contribution in [2.24, 2.45) is 17.8 Å². The second-order valence-electron chi connectivity index (χ2n) is 9.75. The molecule has 0 radical (unpaired) electrons. The molecular weight excluding hydrogens is 364 g/mol. The zero-order chi connectivity index (χ0) is 21.0. The van der Waals surface area contributed by atoms with Gasteiger partial charge in [0.05, 0.1) is 13.2 Å². The molecule has 2 fully saturated rings. The third-order valence-corrected chi connectivity index (χ3v) is 7.69. The zero-order valence-corrected chi connectivity index (χ0v) is 19.4. The molecule has 0 N–H and O–H groups in total. The highest BCUT2D eigenvalue weighted by Gasteiger charge is 2.31. The molecule has 0 spiro atoms. The first-order valence-corrected chi connectivity index (χ1v) is 12.7. The third kappa shape index (κ3) is 7.41. The van der Waals surface area contributed by atoms with Crippen LogP contribution in [-0.4, -0.2) is 6.61 Å². The van der Waals surface area contributed by atoms with Crippen LogP contribution in [0.25, 0.3) is 0 Å². The van der Waals surface area contributed by atoms with Crippen LogP contribution < -0.4 is 0 Å². The van der Waals surface area contributed by atoms with E-state index in [4.69, 9.17) is 4.74 Å². The molecule has 0 amide bonds. The molecule has 2 aliphatic rings. The molecule has 0 heterocycles. The first-order chi connectivity index (χ1) is 14.8. The summed E-state index contributed by atoms with van der Waals surface area (Å²) < 4.78 is 5.73. The van der Waals surface area contributed by atoms with E-state index in [9.17, 15) is 0 Å². The molecule has 1 nitrogen and oxygen atoms in total. The van der Waals surface area contributed by atoms with Gasteiger partial charge in [-0.1, -0.05) is 68.7 Å². The summed E-state index contributed by atoms with van der Waals surface area (Å²) in [6.07, 6.45) is 23.1. The smallest absolute Gasteiger partial charge is 0.0721 e. The molecule has 1 aromatic carbocycles. The van der Waals surface area contributed by atoms with Crippen molar-refractivity contribution in [3.8, 4) is 0 Å². The Bertz CT molecular complexity index is 612. The Balaban J connectivity index is 1.36. The van der Waals surface area contributed by atoms with Crippen molar-refractivity contribution >= 4 is 0 Å². The van der Waals surface area contributed by atoms with Crippen LogP contribution in [0.5, 0.6) is 0 Å². The molecular formula is C29H44O. The summed E-state index contributed by atoms with van der Waals surface area (Å²) in [6, 6.07) is 9.28. The largest absolute Gasteiger partial charge is 0.373 e. The van der Waals surface area contributed by atoms with E-state index in [1.807, 2.05) is 0 Å². The first kappa shape index (κ1) is 23.3. The summed E-state index contributed by atoms with van der Waals surface area (Å²) in [7, 11) is 0. The van der Waals surface area contributed by atoms with E-state index in [1.165, 1.54) is 76.2 Å². The van der Waals surface area contributed by atoms with Gasteiger partial charge < -0.3 is 4.74 Å². The Morgan fingerprint density at radius 1 is 0.900 bits per heavy atom. The summed E-state index contributed by atoms with van der Waals surface area (Å²) in [6.45, 7) is 7.45. The average Bonchev–Trinajstić information content (AvgIpc) is 2.80. The van der Waals surface area contributed by atoms with Crippen molar-refractivity contribution in [3.05, 3.63) is 60.2 Å². The number of hydrogen-bond donors (Lipinski definition) is 0. The molecule has 3 rings (SSSR count). The van der Waals surface area contributed by atoms with E-state index in [-0.39, 0.29) is 0 Å². The van der Waals surface area contributed by atoms with Crippen LogP contribution in [0.15, 0.2) is 49.1 Å². The molecule has 0 saturated heterocycles. The maximum absolute atomic E-state index is 5.73. The lowest BCUT2D eigenvalue weighted by Gasteiger charge is -2.38. The van der Waals surface area contributed by atoms with Crippen LogP contribution in [0, 0.1) is 17.8 Å². The van der Waals surface area contributed by atoms with Gasteiger partial charge in [0.1, 0.15) is 0 Å². The highest BCUT2D eigenvalue weighted by molar-refractivity contribution is 5.25. The lowest BCUT2D eigenvalue weighted by molar-refractivity contribution is 0.148. The van der Waals surface area contributed by atoms with Crippen molar-refractivity contribution in [1.29, 1.82) is 0 Å². The summed E-state index contributed by atoms with van der Waals surface area (Å²) >= 11 is 0. The van der Waals surface area contributed by atoms with E-state index >= 15 is 0 Å². The minimum absolute atomic E-state index is 0.719. The molecule has 1 heteroatoms. The second-order valence-corrected chi connectivity index (χ2v) is 9.75. The summed E-state index contributed by atoms with van der Waals surface area (Å²) in [5, 5.41) is 0. The van der Waals surface area contributed by atoms with Crippen molar-refractivity contribution in [2.75, 3.05) is 6.61 Å². The normalized spacial score (nSPS) is 27.4. The molecule has 0 aromatic heterocycles. The van der Waals surface area contributed by atoms with Gasteiger partial charge in [0.25, 0.3) is 0 Å². The number of allylic oxidation sites excluding steroid dienone is 2. The summed E-state index contributed by atoms with van der Waals surface area (Å²) in [4.78, 5) is 0. The average molecular weight is 409 g/mol. The van der Waals surface area contributed by atoms with Crippen molar-refractivity contribution in [1.82, 2.24) is 0 Å². The Hall–Kier alpha value is -1.34. The zero-order valence-electron chi connectivity index (χ0n) is 19.4. The lowest BCUT2D eigenvalue weighted by atomic mass is 9.68. The highest BCUT2D eigenvalue weighted by Crippen LogP contribution is 2.44. The quantitative estimate of drug-likeness (QED) is 0.263. The van der Waals surface area contributed by atoms with E-state index in [1.54, 1.807) is 5.56 Å². The Morgan fingerprint density at radius 2 is 1.57 bits per heavy atom. The van der Waals surface area contributed by atoms with Crippen molar-refractivity contribution in [2.45, 2.75) is 96.5 Å². The minimum atomic E-state index is 0.719. The van der Waals surface area contributed by atoms with Gasteiger partial charge in [-0.2, -0.15) is 0 Å². The minimum Gasteiger partial charge on any atom is -0.373 e. The molecule has 166 valence electrons. The van der Waals surface area contributed by atoms with Gasteiger partial charge in [-0.05, 0) is 92.6 Å². The maximum atomic E-state index is 5.73.